The van der Waals surface area contributed by atoms with Crippen molar-refractivity contribution in [1.82, 2.24) is 15.0 Å². The van der Waals surface area contributed by atoms with Gasteiger partial charge in [-0.2, -0.15) is 0 Å². The van der Waals surface area contributed by atoms with E-state index in [0.717, 1.165) is 31.9 Å². The van der Waals surface area contributed by atoms with E-state index in [0.29, 0.717) is 5.92 Å². The van der Waals surface area contributed by atoms with Gasteiger partial charge >= 0.3 is 0 Å². The van der Waals surface area contributed by atoms with E-state index in [-0.39, 0.29) is 0 Å². The van der Waals surface area contributed by atoms with Crippen LogP contribution in [-0.4, -0.2) is 28.0 Å². The van der Waals surface area contributed by atoms with Crippen LogP contribution in [0, 0.1) is 0 Å². The third kappa shape index (κ3) is 2.37. The Morgan fingerprint density at radius 1 is 1.00 bits per heavy atom. The zero-order chi connectivity index (χ0) is 14.1. The predicted molar refractivity (Wildman–Crippen MR) is 84.5 cm³/mol. The van der Waals surface area contributed by atoms with Gasteiger partial charge in [-0.05, 0) is 36.4 Å². The van der Waals surface area contributed by atoms with Crippen LogP contribution in [0.3, 0.4) is 0 Å². The molecule has 3 aromatic rings. The minimum atomic E-state index is 0.609. The van der Waals surface area contributed by atoms with Crippen LogP contribution in [0.25, 0.3) is 10.9 Å². The van der Waals surface area contributed by atoms with Gasteiger partial charge in [-0.3, -0.25) is 0 Å². The van der Waals surface area contributed by atoms with E-state index >= 15 is 0 Å². The first-order valence-corrected chi connectivity index (χ1v) is 7.50. The van der Waals surface area contributed by atoms with E-state index in [1.165, 1.54) is 16.6 Å². The number of anilines is 1. The lowest BCUT2D eigenvalue weighted by Gasteiger charge is -2.31. The van der Waals surface area contributed by atoms with Gasteiger partial charge in [-0.25, -0.2) is 9.97 Å². The Labute approximate surface area is 123 Å². The summed E-state index contributed by atoms with van der Waals surface area (Å²) in [5.41, 5.74) is 2.60. The number of fused-ring (bicyclic) bond motifs is 1. The molecule has 21 heavy (non-hydrogen) atoms. The van der Waals surface area contributed by atoms with Crippen LogP contribution in [0.15, 0.2) is 48.8 Å². The fourth-order valence-electron chi connectivity index (χ4n) is 3.16. The molecule has 1 fully saturated rings. The number of benzene rings is 1. The number of para-hydroxylation sites is 1. The number of rotatable bonds is 2. The van der Waals surface area contributed by atoms with Gasteiger partial charge in [0.25, 0.3) is 0 Å². The van der Waals surface area contributed by atoms with Gasteiger partial charge in [-0.15, -0.1) is 0 Å². The molecule has 0 unspecified atom stereocenters. The molecule has 1 saturated heterocycles. The zero-order valence-electron chi connectivity index (χ0n) is 11.9. The Bertz CT molecular complexity index is 694. The summed E-state index contributed by atoms with van der Waals surface area (Å²) in [6, 6.07) is 12.6. The Morgan fingerprint density at radius 2 is 1.76 bits per heavy atom. The molecule has 106 valence electrons. The molecule has 0 bridgehead atoms. The van der Waals surface area contributed by atoms with Crippen LogP contribution in [-0.2, 0) is 0 Å². The van der Waals surface area contributed by atoms with E-state index in [1.54, 1.807) is 0 Å². The maximum atomic E-state index is 4.34. The molecule has 1 aromatic carbocycles. The number of aromatic nitrogens is 3. The highest BCUT2D eigenvalue weighted by Gasteiger charge is 2.23. The number of aromatic amines is 1. The smallest absolute Gasteiger partial charge is 0.225 e. The first kappa shape index (κ1) is 12.4. The quantitative estimate of drug-likeness (QED) is 0.782. The number of hydrogen-bond donors (Lipinski definition) is 1. The van der Waals surface area contributed by atoms with Gasteiger partial charge in [0.15, 0.2) is 0 Å². The summed E-state index contributed by atoms with van der Waals surface area (Å²) in [6.45, 7) is 2.04. The van der Waals surface area contributed by atoms with Crippen LogP contribution in [0.5, 0.6) is 0 Å². The van der Waals surface area contributed by atoms with Crippen molar-refractivity contribution in [3.63, 3.8) is 0 Å². The lowest BCUT2D eigenvalue weighted by atomic mass is 9.94. The van der Waals surface area contributed by atoms with Crippen molar-refractivity contribution in [2.24, 2.45) is 0 Å². The maximum Gasteiger partial charge on any atom is 0.225 e. The molecule has 0 amide bonds. The maximum absolute atomic E-state index is 4.34. The van der Waals surface area contributed by atoms with Gasteiger partial charge in [-0.1, -0.05) is 18.2 Å². The Hall–Kier alpha value is -2.36. The number of nitrogens with zero attached hydrogens (tertiary/aromatic N) is 3. The molecule has 1 N–H and O–H groups in total. The molecule has 0 atom stereocenters. The van der Waals surface area contributed by atoms with Crippen molar-refractivity contribution in [2.45, 2.75) is 18.8 Å². The lowest BCUT2D eigenvalue weighted by molar-refractivity contribution is 0.493. The SMILES string of the molecule is c1cnc(N2CCC(c3cc4ccccc4[nH]3)CC2)nc1. The topological polar surface area (TPSA) is 44.8 Å². The molecule has 1 aliphatic heterocycles. The molecule has 3 heterocycles. The first-order chi connectivity index (χ1) is 10.4. The summed E-state index contributed by atoms with van der Waals surface area (Å²) < 4.78 is 0. The van der Waals surface area contributed by atoms with Crippen molar-refractivity contribution in [1.29, 1.82) is 0 Å². The van der Waals surface area contributed by atoms with E-state index in [9.17, 15) is 0 Å². The second-order valence-electron chi connectivity index (χ2n) is 5.62. The number of hydrogen-bond acceptors (Lipinski definition) is 3. The highest BCUT2D eigenvalue weighted by atomic mass is 15.2. The summed E-state index contributed by atoms with van der Waals surface area (Å²) in [5.74, 6) is 1.46. The van der Waals surface area contributed by atoms with E-state index < -0.39 is 0 Å². The van der Waals surface area contributed by atoms with Crippen molar-refractivity contribution < 1.29 is 0 Å². The first-order valence-electron chi connectivity index (χ1n) is 7.50. The highest BCUT2D eigenvalue weighted by molar-refractivity contribution is 5.80. The average Bonchev–Trinajstić information content (AvgIpc) is 3.00. The minimum Gasteiger partial charge on any atom is -0.358 e. The lowest BCUT2D eigenvalue weighted by Crippen LogP contribution is -2.34. The Balaban J connectivity index is 1.50. The van der Waals surface area contributed by atoms with Crippen LogP contribution in [0.1, 0.15) is 24.5 Å². The third-order valence-corrected chi connectivity index (χ3v) is 4.32. The fourth-order valence-corrected chi connectivity index (χ4v) is 3.16. The molecular weight excluding hydrogens is 260 g/mol. The standard InChI is InChI=1S/C17H18N4/c1-2-5-15-14(4-1)12-16(20-15)13-6-10-21(11-7-13)17-18-8-3-9-19-17/h1-5,8-9,12-13,20H,6-7,10-11H2. The number of piperidine rings is 1. The monoisotopic (exact) mass is 278 g/mol. The molecule has 4 rings (SSSR count). The van der Waals surface area contributed by atoms with Crippen molar-refractivity contribution in [3.05, 3.63) is 54.5 Å². The molecule has 0 saturated carbocycles. The van der Waals surface area contributed by atoms with Crippen LogP contribution < -0.4 is 4.90 Å². The van der Waals surface area contributed by atoms with E-state index in [2.05, 4.69) is 50.2 Å². The number of nitrogens with one attached hydrogen (secondary N) is 1. The summed E-state index contributed by atoms with van der Waals surface area (Å²) in [4.78, 5) is 14.5. The summed E-state index contributed by atoms with van der Waals surface area (Å²) in [5, 5.41) is 1.31. The minimum absolute atomic E-state index is 0.609. The number of H-pyrrole nitrogens is 1. The molecule has 1 aliphatic rings. The van der Waals surface area contributed by atoms with Gasteiger partial charge in [0.1, 0.15) is 0 Å². The predicted octanol–water partition coefficient (Wildman–Crippen LogP) is 3.34. The summed E-state index contributed by atoms with van der Waals surface area (Å²) in [6.07, 6.45) is 5.91. The Morgan fingerprint density at radius 3 is 2.52 bits per heavy atom. The van der Waals surface area contributed by atoms with Gasteiger partial charge in [0, 0.05) is 42.6 Å². The van der Waals surface area contributed by atoms with Crippen molar-refractivity contribution in [2.75, 3.05) is 18.0 Å². The van der Waals surface area contributed by atoms with Gasteiger partial charge < -0.3 is 9.88 Å². The third-order valence-electron chi connectivity index (χ3n) is 4.32. The van der Waals surface area contributed by atoms with Crippen LogP contribution in [0.4, 0.5) is 5.95 Å². The largest absolute Gasteiger partial charge is 0.358 e. The second kappa shape index (κ2) is 5.20. The highest BCUT2D eigenvalue weighted by Crippen LogP contribution is 2.30. The van der Waals surface area contributed by atoms with Gasteiger partial charge in [0.2, 0.25) is 5.95 Å². The van der Waals surface area contributed by atoms with Crippen LogP contribution in [0.2, 0.25) is 0 Å². The van der Waals surface area contributed by atoms with E-state index in [1.807, 2.05) is 18.5 Å². The zero-order valence-corrected chi connectivity index (χ0v) is 11.9. The van der Waals surface area contributed by atoms with E-state index in [4.69, 9.17) is 0 Å². The fraction of sp³-hybridized carbons (Fsp3) is 0.294. The molecular formula is C17H18N4. The molecule has 2 aromatic heterocycles. The normalized spacial score (nSPS) is 16.5. The Kier molecular flexibility index (Phi) is 3.07. The summed E-state index contributed by atoms with van der Waals surface area (Å²) in [7, 11) is 0. The summed E-state index contributed by atoms with van der Waals surface area (Å²) >= 11 is 0. The molecule has 0 spiro atoms. The van der Waals surface area contributed by atoms with Gasteiger partial charge in [0.05, 0.1) is 0 Å². The van der Waals surface area contributed by atoms with Crippen molar-refractivity contribution >= 4 is 16.9 Å². The average molecular weight is 278 g/mol. The molecule has 0 radical (unpaired) electrons. The van der Waals surface area contributed by atoms with Crippen molar-refractivity contribution in [3.8, 4) is 0 Å². The second-order valence-corrected chi connectivity index (χ2v) is 5.62. The molecule has 0 aliphatic carbocycles. The van der Waals surface area contributed by atoms with Crippen LogP contribution >= 0.6 is 0 Å². The molecule has 4 nitrogen and oxygen atoms in total. The molecule has 4 heteroatoms.